The molecule has 0 aliphatic carbocycles. The number of ether oxygens (including phenoxy) is 2. The van der Waals surface area contributed by atoms with Crippen molar-refractivity contribution in [3.63, 3.8) is 0 Å². The number of hydrogen-bond donors (Lipinski definition) is 1. The van der Waals surface area contributed by atoms with Gasteiger partial charge >= 0.3 is 5.97 Å². The van der Waals surface area contributed by atoms with E-state index in [2.05, 4.69) is 17.4 Å². The summed E-state index contributed by atoms with van der Waals surface area (Å²) in [6, 6.07) is 15.7. The molecular weight excluding hydrogens is 290 g/mol. The molecule has 0 fully saturated rings. The summed E-state index contributed by atoms with van der Waals surface area (Å²) in [7, 11) is 1.39. The Morgan fingerprint density at radius 2 is 1.70 bits per heavy atom. The first-order valence-electron chi connectivity index (χ1n) is 7.77. The van der Waals surface area contributed by atoms with E-state index < -0.39 is 0 Å². The second kappa shape index (κ2) is 9.08. The lowest BCUT2D eigenvalue weighted by atomic mass is 10.1. The number of nitrogens with one attached hydrogen (secondary N) is 1. The highest BCUT2D eigenvalue weighted by atomic mass is 16.5. The molecule has 2 rings (SSSR count). The van der Waals surface area contributed by atoms with Crippen LogP contribution < -0.4 is 5.32 Å². The quantitative estimate of drug-likeness (QED) is 0.760. The molecule has 0 saturated heterocycles. The van der Waals surface area contributed by atoms with Crippen LogP contribution in [0, 0.1) is 0 Å². The van der Waals surface area contributed by atoms with Gasteiger partial charge < -0.3 is 14.8 Å². The Balaban J connectivity index is 1.88. The molecule has 0 unspecified atom stereocenters. The van der Waals surface area contributed by atoms with Crippen molar-refractivity contribution in [1.29, 1.82) is 0 Å². The third kappa shape index (κ3) is 5.20. The van der Waals surface area contributed by atoms with E-state index in [0.717, 1.165) is 18.7 Å². The average Bonchev–Trinajstić information content (AvgIpc) is 2.61. The number of carbonyl (C=O) groups is 1. The number of benzene rings is 2. The molecule has 2 aromatic carbocycles. The Labute approximate surface area is 137 Å². The van der Waals surface area contributed by atoms with E-state index in [0.29, 0.717) is 18.8 Å². The van der Waals surface area contributed by atoms with Crippen LogP contribution in [0.25, 0.3) is 0 Å². The Bertz CT molecular complexity index is 623. The maximum Gasteiger partial charge on any atom is 0.337 e. The lowest BCUT2D eigenvalue weighted by Gasteiger charge is -2.11. The molecule has 0 amide bonds. The fourth-order valence-electron chi connectivity index (χ4n) is 2.30. The lowest BCUT2D eigenvalue weighted by molar-refractivity contribution is 0.0600. The minimum Gasteiger partial charge on any atom is -0.465 e. The smallest absolute Gasteiger partial charge is 0.337 e. The van der Waals surface area contributed by atoms with E-state index in [9.17, 15) is 4.79 Å². The van der Waals surface area contributed by atoms with Gasteiger partial charge in [0.05, 0.1) is 19.3 Å². The number of carbonyl (C=O) groups excluding carboxylic acids is 1. The summed E-state index contributed by atoms with van der Waals surface area (Å²) < 4.78 is 10.2. The molecule has 0 bridgehead atoms. The van der Waals surface area contributed by atoms with Crippen LogP contribution in [0.3, 0.4) is 0 Å². The van der Waals surface area contributed by atoms with Gasteiger partial charge in [-0.05, 0) is 35.7 Å². The predicted octanol–water partition coefficient (Wildman–Crippen LogP) is 3.30. The monoisotopic (exact) mass is 313 g/mol. The minimum absolute atomic E-state index is 0.311. The molecule has 0 saturated carbocycles. The van der Waals surface area contributed by atoms with E-state index in [1.807, 2.05) is 31.2 Å². The lowest BCUT2D eigenvalue weighted by Crippen LogP contribution is -2.14. The maximum absolute atomic E-state index is 11.4. The number of hydrogen-bond acceptors (Lipinski definition) is 4. The highest BCUT2D eigenvalue weighted by Crippen LogP contribution is 2.11. The minimum atomic E-state index is -0.311. The molecule has 2 aromatic rings. The van der Waals surface area contributed by atoms with E-state index in [4.69, 9.17) is 9.47 Å². The number of esters is 1. The fourth-order valence-corrected chi connectivity index (χ4v) is 2.30. The summed E-state index contributed by atoms with van der Waals surface area (Å²) in [5.41, 5.74) is 4.15. The first-order valence-corrected chi connectivity index (χ1v) is 7.77. The number of methoxy groups -OCH3 is 1. The zero-order valence-electron chi connectivity index (χ0n) is 13.7. The summed E-state index contributed by atoms with van der Waals surface area (Å²) in [5, 5.41) is 3.43. The van der Waals surface area contributed by atoms with Gasteiger partial charge in [-0.2, -0.15) is 0 Å². The van der Waals surface area contributed by atoms with E-state index in [1.54, 1.807) is 12.1 Å². The summed E-state index contributed by atoms with van der Waals surface area (Å²) in [6.07, 6.45) is 0. The first-order chi connectivity index (χ1) is 11.2. The molecule has 4 nitrogen and oxygen atoms in total. The maximum atomic E-state index is 11.4. The topological polar surface area (TPSA) is 47.6 Å². The third-order valence-electron chi connectivity index (χ3n) is 3.60. The van der Waals surface area contributed by atoms with Crippen LogP contribution in [0.1, 0.15) is 34.0 Å². The summed E-state index contributed by atoms with van der Waals surface area (Å²) in [4.78, 5) is 11.4. The van der Waals surface area contributed by atoms with Gasteiger partial charge in [-0.15, -0.1) is 0 Å². The summed E-state index contributed by atoms with van der Waals surface area (Å²) in [6.45, 7) is 4.88. The van der Waals surface area contributed by atoms with Crippen LogP contribution in [0.2, 0.25) is 0 Å². The SMILES string of the molecule is CCOCc1ccccc1CNCc1ccc(C(=O)OC)cc1. The fraction of sp³-hybridized carbons (Fsp3) is 0.316. The zero-order chi connectivity index (χ0) is 16.5. The van der Waals surface area contributed by atoms with Crippen LogP contribution in [0.5, 0.6) is 0 Å². The Morgan fingerprint density at radius 1 is 1.00 bits per heavy atom. The zero-order valence-corrected chi connectivity index (χ0v) is 13.7. The van der Waals surface area contributed by atoms with Crippen LogP contribution in [-0.2, 0) is 29.2 Å². The summed E-state index contributed by atoms with van der Waals surface area (Å²) >= 11 is 0. The standard InChI is InChI=1S/C19H23NO3/c1-3-23-14-18-7-5-4-6-17(18)13-20-12-15-8-10-16(11-9-15)19(21)22-2/h4-11,20H,3,12-14H2,1-2H3. The van der Waals surface area contributed by atoms with Gasteiger partial charge in [0.15, 0.2) is 0 Å². The van der Waals surface area contributed by atoms with Gasteiger partial charge in [0.25, 0.3) is 0 Å². The first kappa shape index (κ1) is 17.2. The van der Waals surface area contributed by atoms with E-state index in [-0.39, 0.29) is 5.97 Å². The highest BCUT2D eigenvalue weighted by molar-refractivity contribution is 5.89. The molecule has 0 aromatic heterocycles. The van der Waals surface area contributed by atoms with Gasteiger partial charge in [0, 0.05) is 19.7 Å². The largest absolute Gasteiger partial charge is 0.465 e. The van der Waals surface area contributed by atoms with E-state index >= 15 is 0 Å². The molecule has 0 atom stereocenters. The van der Waals surface area contributed by atoms with Crippen molar-refractivity contribution in [3.8, 4) is 0 Å². The van der Waals surface area contributed by atoms with Crippen molar-refractivity contribution in [1.82, 2.24) is 5.32 Å². The van der Waals surface area contributed by atoms with Crippen LogP contribution in [0.15, 0.2) is 48.5 Å². The van der Waals surface area contributed by atoms with Gasteiger partial charge in [0.1, 0.15) is 0 Å². The summed E-state index contributed by atoms with van der Waals surface area (Å²) in [5.74, 6) is -0.311. The van der Waals surface area contributed by atoms with Crippen molar-refractivity contribution in [2.45, 2.75) is 26.6 Å². The molecule has 0 aliphatic heterocycles. The second-order valence-electron chi connectivity index (χ2n) is 5.20. The molecule has 4 heteroatoms. The van der Waals surface area contributed by atoms with Crippen molar-refractivity contribution in [2.24, 2.45) is 0 Å². The van der Waals surface area contributed by atoms with E-state index in [1.165, 1.54) is 18.2 Å². The Kier molecular flexibility index (Phi) is 6.78. The van der Waals surface area contributed by atoms with Gasteiger partial charge in [-0.25, -0.2) is 4.79 Å². The average molecular weight is 313 g/mol. The Morgan fingerprint density at radius 3 is 2.35 bits per heavy atom. The highest BCUT2D eigenvalue weighted by Gasteiger charge is 2.05. The van der Waals surface area contributed by atoms with Crippen LogP contribution in [0.4, 0.5) is 0 Å². The molecular formula is C19H23NO3. The van der Waals surface area contributed by atoms with Crippen molar-refractivity contribution in [2.75, 3.05) is 13.7 Å². The molecule has 23 heavy (non-hydrogen) atoms. The van der Waals surface area contributed by atoms with Gasteiger partial charge in [0.2, 0.25) is 0 Å². The molecule has 0 heterocycles. The predicted molar refractivity (Wildman–Crippen MR) is 90.1 cm³/mol. The molecule has 0 aliphatic rings. The normalized spacial score (nSPS) is 10.5. The number of rotatable bonds is 8. The molecule has 122 valence electrons. The van der Waals surface area contributed by atoms with Gasteiger partial charge in [-0.1, -0.05) is 36.4 Å². The molecule has 1 N–H and O–H groups in total. The van der Waals surface area contributed by atoms with Crippen molar-refractivity contribution >= 4 is 5.97 Å². The van der Waals surface area contributed by atoms with Crippen molar-refractivity contribution in [3.05, 3.63) is 70.8 Å². The van der Waals surface area contributed by atoms with Crippen molar-refractivity contribution < 1.29 is 14.3 Å². The Hall–Kier alpha value is -2.17. The van der Waals surface area contributed by atoms with Crippen LogP contribution in [-0.4, -0.2) is 19.7 Å². The third-order valence-corrected chi connectivity index (χ3v) is 3.60. The van der Waals surface area contributed by atoms with Crippen LogP contribution >= 0.6 is 0 Å². The molecule has 0 spiro atoms. The van der Waals surface area contributed by atoms with Gasteiger partial charge in [-0.3, -0.25) is 0 Å². The second-order valence-corrected chi connectivity index (χ2v) is 5.20. The molecule has 0 radical (unpaired) electrons.